The molecule has 0 atom stereocenters. The molecule has 1 aromatic heterocycles. The van der Waals surface area contributed by atoms with Crippen LogP contribution in [0.1, 0.15) is 34.7 Å². The first-order chi connectivity index (χ1) is 17.4. The minimum Gasteiger partial charge on any atom is -0.353 e. The number of nitrogens with zero attached hydrogens (tertiary/aromatic N) is 4. The maximum Gasteiger partial charge on any atom is 0.254 e. The van der Waals surface area contributed by atoms with E-state index in [2.05, 4.69) is 15.5 Å². The minimum atomic E-state index is -0.795. The van der Waals surface area contributed by atoms with Gasteiger partial charge in [0.05, 0.1) is 11.6 Å². The Kier molecular flexibility index (Phi) is 6.58. The SMILES string of the molecule is O=C(Nc1ccc(C2CCN(C(=O)c3cc(F)cc(F)c3)CC2)cc1F)C1CN(c2cccnn2)C1. The normalized spacial score (nSPS) is 16.5. The number of carbonyl (C=O) groups is 2. The van der Waals surface area contributed by atoms with Crippen LogP contribution >= 0.6 is 0 Å². The molecule has 2 aliphatic rings. The number of benzene rings is 2. The van der Waals surface area contributed by atoms with Crippen LogP contribution in [0.3, 0.4) is 0 Å². The Morgan fingerprint density at radius 2 is 1.67 bits per heavy atom. The molecule has 2 fully saturated rings. The molecule has 7 nitrogen and oxygen atoms in total. The molecule has 36 heavy (non-hydrogen) atoms. The zero-order valence-corrected chi connectivity index (χ0v) is 19.3. The third-order valence-corrected chi connectivity index (χ3v) is 6.75. The highest BCUT2D eigenvalue weighted by Gasteiger charge is 2.34. The first kappa shape index (κ1) is 23.8. The second-order valence-corrected chi connectivity index (χ2v) is 9.14. The molecule has 0 radical (unpaired) electrons. The van der Waals surface area contributed by atoms with E-state index in [0.29, 0.717) is 44.8 Å². The lowest BCUT2D eigenvalue weighted by Crippen LogP contribution is -2.52. The number of hydrogen-bond acceptors (Lipinski definition) is 5. The summed E-state index contributed by atoms with van der Waals surface area (Å²) in [4.78, 5) is 28.6. The number of halogens is 3. The number of carbonyl (C=O) groups excluding carboxylic acids is 2. The first-order valence-corrected chi connectivity index (χ1v) is 11.8. The van der Waals surface area contributed by atoms with Gasteiger partial charge in [-0.25, -0.2) is 13.2 Å². The van der Waals surface area contributed by atoms with E-state index < -0.39 is 23.4 Å². The highest BCUT2D eigenvalue weighted by atomic mass is 19.1. The Bertz CT molecular complexity index is 1260. The Hall–Kier alpha value is -3.95. The van der Waals surface area contributed by atoms with E-state index in [1.165, 1.54) is 6.07 Å². The van der Waals surface area contributed by atoms with Crippen LogP contribution in [0.5, 0.6) is 0 Å². The Morgan fingerprint density at radius 3 is 2.31 bits per heavy atom. The lowest BCUT2D eigenvalue weighted by atomic mass is 9.89. The van der Waals surface area contributed by atoms with E-state index >= 15 is 0 Å². The van der Waals surface area contributed by atoms with E-state index in [4.69, 9.17) is 0 Å². The Morgan fingerprint density at radius 1 is 0.944 bits per heavy atom. The molecule has 3 heterocycles. The highest BCUT2D eigenvalue weighted by molar-refractivity contribution is 5.95. The van der Waals surface area contributed by atoms with Crippen molar-refractivity contribution in [3.63, 3.8) is 0 Å². The standard InChI is InChI=1S/C26H24F3N5O2/c27-20-10-18(11-21(28)13-20)26(36)33-8-5-16(6-9-33)17-3-4-23(22(29)12-17)31-25(35)19-14-34(15-19)24-2-1-7-30-32-24/h1-4,7,10-13,16,19H,5-6,8-9,14-15H2,(H,31,35). The largest absolute Gasteiger partial charge is 0.353 e. The summed E-state index contributed by atoms with van der Waals surface area (Å²) >= 11 is 0. The predicted molar refractivity (Wildman–Crippen MR) is 127 cm³/mol. The molecule has 5 rings (SSSR count). The van der Waals surface area contributed by atoms with Crippen LogP contribution in [-0.2, 0) is 4.79 Å². The lowest BCUT2D eigenvalue weighted by Gasteiger charge is -2.38. The van der Waals surface area contributed by atoms with E-state index in [9.17, 15) is 22.8 Å². The van der Waals surface area contributed by atoms with E-state index in [-0.39, 0.29) is 29.0 Å². The molecule has 0 bridgehead atoms. The van der Waals surface area contributed by atoms with Crippen molar-refractivity contribution < 1.29 is 22.8 Å². The van der Waals surface area contributed by atoms with Gasteiger partial charge in [-0.1, -0.05) is 6.07 Å². The van der Waals surface area contributed by atoms with Crippen molar-refractivity contribution >= 4 is 23.3 Å². The van der Waals surface area contributed by atoms with Gasteiger partial charge in [-0.15, -0.1) is 5.10 Å². The van der Waals surface area contributed by atoms with Gasteiger partial charge in [0.15, 0.2) is 5.82 Å². The van der Waals surface area contributed by atoms with Crippen LogP contribution in [0.15, 0.2) is 54.7 Å². The molecule has 2 aromatic carbocycles. The smallest absolute Gasteiger partial charge is 0.254 e. The van der Waals surface area contributed by atoms with Crippen molar-refractivity contribution in [3.8, 4) is 0 Å². The molecule has 186 valence electrons. The number of aromatic nitrogens is 2. The molecule has 3 aromatic rings. The van der Waals surface area contributed by atoms with Gasteiger partial charge in [0, 0.05) is 44.0 Å². The zero-order chi connectivity index (χ0) is 25.2. The maximum absolute atomic E-state index is 14.8. The fourth-order valence-corrected chi connectivity index (χ4v) is 4.69. The molecule has 2 amide bonds. The zero-order valence-electron chi connectivity index (χ0n) is 19.3. The van der Waals surface area contributed by atoms with Gasteiger partial charge in [-0.3, -0.25) is 9.59 Å². The summed E-state index contributed by atoms with van der Waals surface area (Å²) in [6.07, 6.45) is 2.77. The summed E-state index contributed by atoms with van der Waals surface area (Å²) in [5.74, 6) is -2.31. The summed E-state index contributed by atoms with van der Waals surface area (Å²) in [6.45, 7) is 1.77. The monoisotopic (exact) mass is 495 g/mol. The summed E-state index contributed by atoms with van der Waals surface area (Å²) in [5.41, 5.74) is 0.887. The molecule has 0 spiro atoms. The minimum absolute atomic E-state index is 0.0247. The van der Waals surface area contributed by atoms with Crippen LogP contribution in [0.25, 0.3) is 0 Å². The topological polar surface area (TPSA) is 78.4 Å². The Labute approximate surface area is 205 Å². The molecular weight excluding hydrogens is 471 g/mol. The van der Waals surface area contributed by atoms with Gasteiger partial charge in [0.1, 0.15) is 17.5 Å². The summed E-state index contributed by atoms with van der Waals surface area (Å²) in [5, 5.41) is 10.5. The fraction of sp³-hybridized carbons (Fsp3) is 0.308. The quantitative estimate of drug-likeness (QED) is 0.579. The molecule has 10 heteroatoms. The van der Waals surface area contributed by atoms with Crippen LogP contribution in [0, 0.1) is 23.4 Å². The molecule has 1 N–H and O–H groups in total. The van der Waals surface area contributed by atoms with Crippen molar-refractivity contribution in [1.82, 2.24) is 15.1 Å². The van der Waals surface area contributed by atoms with Gasteiger partial charge in [0.2, 0.25) is 5.91 Å². The second-order valence-electron chi connectivity index (χ2n) is 9.14. The summed E-state index contributed by atoms with van der Waals surface area (Å²) in [6, 6.07) is 11.1. The first-order valence-electron chi connectivity index (χ1n) is 11.8. The van der Waals surface area contributed by atoms with E-state index in [1.807, 2.05) is 11.0 Å². The van der Waals surface area contributed by atoms with Gasteiger partial charge in [-0.2, -0.15) is 5.10 Å². The molecule has 2 aliphatic heterocycles. The van der Waals surface area contributed by atoms with Crippen molar-refractivity contribution in [3.05, 3.63) is 83.3 Å². The molecule has 0 aliphatic carbocycles. The predicted octanol–water partition coefficient (Wildman–Crippen LogP) is 3.99. The third kappa shape index (κ3) is 5.02. The average molecular weight is 496 g/mol. The third-order valence-electron chi connectivity index (χ3n) is 6.75. The van der Waals surface area contributed by atoms with Crippen molar-refractivity contribution in [2.45, 2.75) is 18.8 Å². The number of amides is 2. The van der Waals surface area contributed by atoms with Crippen molar-refractivity contribution in [2.75, 3.05) is 36.4 Å². The number of rotatable bonds is 5. The van der Waals surface area contributed by atoms with Gasteiger partial charge in [0.25, 0.3) is 5.91 Å². The molecular formula is C26H24F3N5O2. The van der Waals surface area contributed by atoms with E-state index in [1.54, 1.807) is 29.3 Å². The maximum atomic E-state index is 14.8. The summed E-state index contributed by atoms with van der Waals surface area (Å²) in [7, 11) is 0. The van der Waals surface area contributed by atoms with Gasteiger partial charge >= 0.3 is 0 Å². The number of nitrogens with one attached hydrogen (secondary N) is 1. The number of hydrogen-bond donors (Lipinski definition) is 1. The van der Waals surface area contributed by atoms with Crippen LogP contribution in [0.2, 0.25) is 0 Å². The Balaban J connectivity index is 1.15. The van der Waals surface area contributed by atoms with E-state index in [0.717, 1.165) is 23.8 Å². The lowest BCUT2D eigenvalue weighted by molar-refractivity contribution is -0.120. The second kappa shape index (κ2) is 9.96. The number of piperidine rings is 1. The van der Waals surface area contributed by atoms with Crippen LogP contribution in [-0.4, -0.2) is 53.1 Å². The average Bonchev–Trinajstić information content (AvgIpc) is 2.84. The van der Waals surface area contributed by atoms with Crippen LogP contribution < -0.4 is 10.2 Å². The highest BCUT2D eigenvalue weighted by Crippen LogP contribution is 2.31. The fourth-order valence-electron chi connectivity index (χ4n) is 4.69. The molecule has 0 saturated carbocycles. The molecule has 2 saturated heterocycles. The molecule has 0 unspecified atom stereocenters. The van der Waals surface area contributed by atoms with Crippen molar-refractivity contribution in [1.29, 1.82) is 0 Å². The number of likely N-dealkylation sites (tertiary alicyclic amines) is 1. The van der Waals surface area contributed by atoms with Crippen LogP contribution in [0.4, 0.5) is 24.7 Å². The summed E-state index contributed by atoms with van der Waals surface area (Å²) < 4.78 is 41.7. The van der Waals surface area contributed by atoms with Crippen molar-refractivity contribution in [2.24, 2.45) is 5.92 Å². The van der Waals surface area contributed by atoms with Gasteiger partial charge in [-0.05, 0) is 60.7 Å². The number of anilines is 2. The van der Waals surface area contributed by atoms with Gasteiger partial charge < -0.3 is 15.1 Å².